The van der Waals surface area contributed by atoms with Gasteiger partial charge in [0.05, 0.1) is 0 Å². The van der Waals surface area contributed by atoms with E-state index < -0.39 is 0 Å². The van der Waals surface area contributed by atoms with E-state index in [4.69, 9.17) is 0 Å². The van der Waals surface area contributed by atoms with Crippen LogP contribution in [0.3, 0.4) is 0 Å². The molecule has 19 heavy (non-hydrogen) atoms. The molecule has 0 saturated carbocycles. The lowest BCUT2D eigenvalue weighted by molar-refractivity contribution is -0.0618. The zero-order chi connectivity index (χ0) is 13.1. The van der Waals surface area contributed by atoms with Gasteiger partial charge in [0.15, 0.2) is 0 Å². The molecule has 4 nitrogen and oxygen atoms in total. The summed E-state index contributed by atoms with van der Waals surface area (Å²) < 4.78 is 0. The van der Waals surface area contributed by atoms with E-state index in [-0.39, 0.29) is 0 Å². The number of piperazine rings is 1. The van der Waals surface area contributed by atoms with E-state index in [2.05, 4.69) is 33.2 Å². The van der Waals surface area contributed by atoms with Crippen LogP contribution in [0.1, 0.15) is 26.2 Å². The lowest BCUT2D eigenvalue weighted by atomic mass is 10.0. The molecule has 0 spiro atoms. The predicted molar refractivity (Wildman–Crippen MR) is 79.0 cm³/mol. The molecule has 2 fully saturated rings. The first-order valence-corrected chi connectivity index (χ1v) is 7.93. The average Bonchev–Trinajstić information content (AvgIpc) is 2.49. The Balaban J connectivity index is 1.46. The Hall–Kier alpha value is -0.420. The molecule has 0 aromatic rings. The van der Waals surface area contributed by atoms with Gasteiger partial charge in [0.1, 0.15) is 0 Å². The van der Waals surface area contributed by atoms with Crippen molar-refractivity contribution in [1.82, 2.24) is 20.2 Å². The summed E-state index contributed by atoms with van der Waals surface area (Å²) in [5, 5.41) is 8.60. The second-order valence-corrected chi connectivity index (χ2v) is 6.18. The number of piperidine rings is 1. The third-order valence-electron chi connectivity index (χ3n) is 4.92. The topological polar surface area (TPSA) is 21.8 Å². The summed E-state index contributed by atoms with van der Waals surface area (Å²) >= 11 is 0. The highest BCUT2D eigenvalue weighted by atomic mass is 15.6. The van der Waals surface area contributed by atoms with Gasteiger partial charge < -0.3 is 5.32 Å². The van der Waals surface area contributed by atoms with Gasteiger partial charge in [-0.1, -0.05) is 11.6 Å². The van der Waals surface area contributed by atoms with Crippen molar-refractivity contribution in [3.63, 3.8) is 0 Å². The molecule has 0 aromatic heterocycles. The minimum Gasteiger partial charge on any atom is -0.314 e. The Bertz CT molecular complexity index is 314. The molecule has 0 radical (unpaired) electrons. The Labute approximate surface area is 117 Å². The van der Waals surface area contributed by atoms with Gasteiger partial charge in [-0.05, 0) is 26.2 Å². The molecule has 0 aromatic carbocycles. The summed E-state index contributed by atoms with van der Waals surface area (Å²) in [7, 11) is 0. The fraction of sp³-hybridized carbons (Fsp3) is 0.867. The maximum absolute atomic E-state index is 3.44. The molecule has 0 bridgehead atoms. The third-order valence-corrected chi connectivity index (χ3v) is 4.92. The van der Waals surface area contributed by atoms with Crippen molar-refractivity contribution >= 4 is 0 Å². The molecule has 3 heterocycles. The largest absolute Gasteiger partial charge is 0.314 e. The molecule has 3 aliphatic heterocycles. The predicted octanol–water partition coefficient (Wildman–Crippen LogP) is 0.923. The first kappa shape index (κ1) is 13.6. The maximum atomic E-state index is 3.44. The molecule has 0 unspecified atom stereocenters. The fourth-order valence-corrected chi connectivity index (χ4v) is 3.55. The Kier molecular flexibility index (Phi) is 4.53. The summed E-state index contributed by atoms with van der Waals surface area (Å²) in [6.45, 7) is 11.9. The first-order valence-electron chi connectivity index (χ1n) is 7.93. The number of nitrogens with zero attached hydrogens (tertiary/aromatic N) is 3. The van der Waals surface area contributed by atoms with Gasteiger partial charge in [0.25, 0.3) is 0 Å². The van der Waals surface area contributed by atoms with Gasteiger partial charge >= 0.3 is 0 Å². The molecule has 108 valence electrons. The van der Waals surface area contributed by atoms with Crippen LogP contribution >= 0.6 is 0 Å². The lowest BCUT2D eigenvalue weighted by Gasteiger charge is -2.44. The zero-order valence-corrected chi connectivity index (χ0v) is 12.3. The number of rotatable bonds is 2. The van der Waals surface area contributed by atoms with Crippen LogP contribution in [0.25, 0.3) is 0 Å². The summed E-state index contributed by atoms with van der Waals surface area (Å²) in [5.74, 6) is 0. The van der Waals surface area contributed by atoms with Crippen molar-refractivity contribution < 1.29 is 0 Å². The fourth-order valence-electron chi connectivity index (χ4n) is 3.55. The minimum absolute atomic E-state index is 0.823. The molecular weight excluding hydrogens is 236 g/mol. The van der Waals surface area contributed by atoms with E-state index in [9.17, 15) is 0 Å². The highest BCUT2D eigenvalue weighted by Gasteiger charge is 2.28. The van der Waals surface area contributed by atoms with Gasteiger partial charge in [0.2, 0.25) is 0 Å². The van der Waals surface area contributed by atoms with Gasteiger partial charge in [-0.25, -0.2) is 10.0 Å². The number of hydrogen-bond donors (Lipinski definition) is 1. The highest BCUT2D eigenvalue weighted by molar-refractivity contribution is 5.04. The smallest absolute Gasteiger partial charge is 0.0259 e. The summed E-state index contributed by atoms with van der Waals surface area (Å²) in [6, 6.07) is 0.823. The number of hydrogen-bond acceptors (Lipinski definition) is 4. The van der Waals surface area contributed by atoms with Gasteiger partial charge in [-0.3, -0.25) is 4.90 Å². The van der Waals surface area contributed by atoms with E-state index in [0.717, 1.165) is 19.1 Å². The quantitative estimate of drug-likeness (QED) is 0.749. The van der Waals surface area contributed by atoms with Crippen molar-refractivity contribution in [1.29, 1.82) is 0 Å². The number of nitrogens with one attached hydrogen (secondary N) is 1. The van der Waals surface area contributed by atoms with Crippen LogP contribution in [0.15, 0.2) is 11.6 Å². The van der Waals surface area contributed by atoms with Crippen LogP contribution in [-0.4, -0.2) is 73.3 Å². The maximum Gasteiger partial charge on any atom is 0.0259 e. The van der Waals surface area contributed by atoms with Crippen molar-refractivity contribution in [2.75, 3.05) is 52.4 Å². The molecule has 0 amide bonds. The normalized spacial score (nSPS) is 29.4. The standard InChI is InChI=1S/C15H28N4/c1-14-2-8-17(9-3-14)15-4-10-18(11-5-15)19-12-6-16-7-13-19/h2,15-16H,3-13H2,1H3. The molecule has 1 N–H and O–H groups in total. The zero-order valence-electron chi connectivity index (χ0n) is 12.3. The summed E-state index contributed by atoms with van der Waals surface area (Å²) in [5.41, 5.74) is 1.58. The molecular formula is C15H28N4. The van der Waals surface area contributed by atoms with Crippen LogP contribution in [0, 0.1) is 0 Å². The van der Waals surface area contributed by atoms with Crippen molar-refractivity contribution in [3.8, 4) is 0 Å². The third kappa shape index (κ3) is 3.37. The molecule has 4 heteroatoms. The van der Waals surface area contributed by atoms with Crippen LogP contribution in [0.4, 0.5) is 0 Å². The first-order chi connectivity index (χ1) is 9.33. The second kappa shape index (κ2) is 6.35. The summed E-state index contributed by atoms with van der Waals surface area (Å²) in [6.07, 6.45) is 6.39. The SMILES string of the molecule is CC1=CCN(C2CCN(N3CCNCC3)CC2)CC1. The van der Waals surface area contributed by atoms with E-state index in [0.29, 0.717) is 0 Å². The molecule has 0 atom stereocenters. The molecule has 2 saturated heterocycles. The number of hydrazine groups is 1. The van der Waals surface area contributed by atoms with Crippen molar-refractivity contribution in [2.45, 2.75) is 32.2 Å². The van der Waals surface area contributed by atoms with Crippen molar-refractivity contribution in [2.24, 2.45) is 0 Å². The van der Waals surface area contributed by atoms with Crippen LogP contribution < -0.4 is 5.32 Å². The Morgan fingerprint density at radius 2 is 1.68 bits per heavy atom. The van der Waals surface area contributed by atoms with Gasteiger partial charge in [-0.2, -0.15) is 0 Å². The second-order valence-electron chi connectivity index (χ2n) is 6.18. The van der Waals surface area contributed by atoms with Gasteiger partial charge in [-0.15, -0.1) is 0 Å². The summed E-state index contributed by atoms with van der Waals surface area (Å²) in [4.78, 5) is 2.70. The van der Waals surface area contributed by atoms with Crippen molar-refractivity contribution in [3.05, 3.63) is 11.6 Å². The highest BCUT2D eigenvalue weighted by Crippen LogP contribution is 2.21. The van der Waals surface area contributed by atoms with Crippen LogP contribution in [0.5, 0.6) is 0 Å². The Morgan fingerprint density at radius 3 is 2.32 bits per heavy atom. The lowest BCUT2D eigenvalue weighted by Crippen LogP contribution is -2.56. The minimum atomic E-state index is 0.823. The van der Waals surface area contributed by atoms with Gasteiger partial charge in [0, 0.05) is 58.4 Å². The van der Waals surface area contributed by atoms with E-state index in [1.807, 2.05) is 0 Å². The molecule has 3 aliphatic rings. The van der Waals surface area contributed by atoms with E-state index in [1.165, 1.54) is 58.5 Å². The molecule has 3 rings (SSSR count). The Morgan fingerprint density at radius 1 is 1.00 bits per heavy atom. The average molecular weight is 264 g/mol. The monoisotopic (exact) mass is 264 g/mol. The van der Waals surface area contributed by atoms with Crippen LogP contribution in [-0.2, 0) is 0 Å². The van der Waals surface area contributed by atoms with E-state index in [1.54, 1.807) is 5.57 Å². The molecule has 0 aliphatic carbocycles. The van der Waals surface area contributed by atoms with E-state index >= 15 is 0 Å². The van der Waals surface area contributed by atoms with Crippen LogP contribution in [0.2, 0.25) is 0 Å².